The van der Waals surface area contributed by atoms with E-state index >= 15 is 0 Å². The van der Waals surface area contributed by atoms with Gasteiger partial charge in [0.15, 0.2) is 5.69 Å². The van der Waals surface area contributed by atoms with Gasteiger partial charge < -0.3 is 10.6 Å². The highest BCUT2D eigenvalue weighted by molar-refractivity contribution is 5.92. The molecule has 2 aromatic rings. The molecule has 0 unspecified atom stereocenters. The van der Waals surface area contributed by atoms with E-state index in [1.165, 1.54) is 4.90 Å². The van der Waals surface area contributed by atoms with Gasteiger partial charge in [-0.15, -0.1) is 0 Å². The minimum Gasteiger partial charge on any atom is -0.332 e. The Kier molecular flexibility index (Phi) is 11.1. The molecule has 152 valence electrons. The maximum atomic E-state index is 12.6. The summed E-state index contributed by atoms with van der Waals surface area (Å²) in [6.45, 7) is 10.6. The van der Waals surface area contributed by atoms with Crippen molar-refractivity contribution in [1.29, 1.82) is 0 Å². The lowest BCUT2D eigenvalue weighted by Crippen LogP contribution is -2.35. The van der Waals surface area contributed by atoms with Crippen LogP contribution in [0, 0.1) is 6.92 Å². The van der Waals surface area contributed by atoms with Crippen molar-refractivity contribution >= 4 is 5.91 Å². The maximum absolute atomic E-state index is 12.6. The molecule has 0 bridgehead atoms. The van der Waals surface area contributed by atoms with E-state index in [0.717, 1.165) is 11.1 Å². The van der Waals surface area contributed by atoms with Crippen LogP contribution < -0.4 is 5.73 Å². The summed E-state index contributed by atoms with van der Waals surface area (Å²) in [7, 11) is 0. The lowest BCUT2D eigenvalue weighted by Gasteiger charge is -2.22. The first-order valence-corrected chi connectivity index (χ1v) is 8.99. The molecule has 1 aromatic carbocycles. The number of aryl methyl sites for hydroxylation is 1. The van der Waals surface area contributed by atoms with Gasteiger partial charge >= 0.3 is 6.18 Å². The van der Waals surface area contributed by atoms with Gasteiger partial charge in [0.2, 0.25) is 0 Å². The topological polar surface area (TPSA) is 75.0 Å². The number of aromatic amines is 1. The fraction of sp³-hybridized carbons (Fsp3) is 0.474. The van der Waals surface area contributed by atoms with E-state index in [2.05, 4.69) is 5.10 Å². The Balaban J connectivity index is 0.00000158. The van der Waals surface area contributed by atoms with Gasteiger partial charge in [-0.25, -0.2) is 0 Å². The molecule has 0 spiro atoms. The van der Waals surface area contributed by atoms with Crippen molar-refractivity contribution in [3.05, 3.63) is 52.8 Å². The van der Waals surface area contributed by atoms with Gasteiger partial charge in [0.1, 0.15) is 5.69 Å². The smallest absolute Gasteiger partial charge is 0.332 e. The van der Waals surface area contributed by atoms with Crippen LogP contribution in [0.15, 0.2) is 30.3 Å². The Bertz CT molecular complexity index is 684. The number of benzene rings is 1. The van der Waals surface area contributed by atoms with Crippen molar-refractivity contribution < 1.29 is 18.0 Å². The van der Waals surface area contributed by atoms with Crippen LogP contribution in [0.5, 0.6) is 0 Å². The Morgan fingerprint density at radius 1 is 1.19 bits per heavy atom. The highest BCUT2D eigenvalue weighted by Gasteiger charge is 2.34. The molecule has 5 nitrogen and oxygen atoms in total. The second kappa shape index (κ2) is 12.1. The number of carbonyl (C=O) groups excluding carboxylic acids is 1. The molecule has 0 aliphatic heterocycles. The van der Waals surface area contributed by atoms with Crippen molar-refractivity contribution in [2.45, 2.75) is 47.3 Å². The summed E-state index contributed by atoms with van der Waals surface area (Å²) in [6.07, 6.45) is -4.57. The number of H-pyrrole nitrogens is 1. The zero-order valence-electron chi connectivity index (χ0n) is 16.5. The minimum absolute atomic E-state index is 0.203. The van der Waals surface area contributed by atoms with Crippen molar-refractivity contribution in [2.24, 2.45) is 5.73 Å². The zero-order chi connectivity index (χ0) is 21.0. The number of nitrogens with two attached hydrogens (primary N) is 1. The number of carbonyl (C=O) groups is 1. The first-order valence-electron chi connectivity index (χ1n) is 8.99. The Labute approximate surface area is 158 Å². The van der Waals surface area contributed by atoms with E-state index in [4.69, 9.17) is 5.73 Å². The average molecular weight is 386 g/mol. The summed E-state index contributed by atoms with van der Waals surface area (Å²) < 4.78 is 37.8. The molecular formula is C19H29F3N4O. The van der Waals surface area contributed by atoms with E-state index in [1.54, 1.807) is 0 Å². The number of rotatable bonds is 5. The summed E-state index contributed by atoms with van der Waals surface area (Å²) >= 11 is 0. The standard InChI is InChI=1S/C15H17F3N4O.2C2H6/c1-10-4-2-3-5-11(10)9-22(7-6-19)14(23)12-8-13(21-20-12)15(16,17)18;2*1-2/h2-5,8H,6-7,9,19H2,1H3,(H,20,21);2*1-2H3. The van der Waals surface area contributed by atoms with Crippen LogP contribution >= 0.6 is 0 Å². The molecule has 0 radical (unpaired) electrons. The van der Waals surface area contributed by atoms with Crippen molar-refractivity contribution in [2.75, 3.05) is 13.1 Å². The third kappa shape index (κ3) is 7.42. The largest absolute Gasteiger partial charge is 0.432 e. The minimum atomic E-state index is -4.57. The number of hydrogen-bond acceptors (Lipinski definition) is 3. The predicted molar refractivity (Wildman–Crippen MR) is 101 cm³/mol. The normalized spacial score (nSPS) is 10.3. The first-order chi connectivity index (χ1) is 12.8. The summed E-state index contributed by atoms with van der Waals surface area (Å²) in [5, 5.41) is 5.32. The van der Waals surface area contributed by atoms with Crippen LogP contribution in [0.1, 0.15) is 55.0 Å². The quantitative estimate of drug-likeness (QED) is 0.800. The Morgan fingerprint density at radius 2 is 1.78 bits per heavy atom. The van der Waals surface area contributed by atoms with E-state index in [9.17, 15) is 18.0 Å². The second-order valence-corrected chi connectivity index (χ2v) is 5.11. The van der Waals surface area contributed by atoms with E-state index in [-0.39, 0.29) is 25.3 Å². The number of alkyl halides is 3. The van der Waals surface area contributed by atoms with Crippen LogP contribution in [-0.4, -0.2) is 34.1 Å². The molecule has 1 heterocycles. The van der Waals surface area contributed by atoms with Crippen molar-refractivity contribution in [3.8, 4) is 0 Å². The molecule has 0 saturated carbocycles. The molecule has 1 amide bonds. The van der Waals surface area contributed by atoms with Gasteiger partial charge in [0.25, 0.3) is 5.91 Å². The van der Waals surface area contributed by atoms with Crippen LogP contribution in [0.2, 0.25) is 0 Å². The summed E-state index contributed by atoms with van der Waals surface area (Å²) in [4.78, 5) is 13.8. The highest BCUT2D eigenvalue weighted by Crippen LogP contribution is 2.28. The van der Waals surface area contributed by atoms with E-state index < -0.39 is 17.8 Å². The fourth-order valence-electron chi connectivity index (χ4n) is 2.14. The van der Waals surface area contributed by atoms with Gasteiger partial charge in [-0.2, -0.15) is 18.3 Å². The number of aromatic nitrogens is 2. The molecule has 0 aliphatic rings. The SMILES string of the molecule is CC.CC.Cc1ccccc1CN(CCN)C(=O)c1cc(C(F)(F)F)[nH]n1. The number of nitrogens with one attached hydrogen (secondary N) is 1. The third-order valence-corrected chi connectivity index (χ3v) is 3.41. The van der Waals surface area contributed by atoms with E-state index in [1.807, 2.05) is 64.0 Å². The highest BCUT2D eigenvalue weighted by atomic mass is 19.4. The Hall–Kier alpha value is -2.35. The van der Waals surface area contributed by atoms with Gasteiger partial charge in [0, 0.05) is 25.7 Å². The molecule has 8 heteroatoms. The van der Waals surface area contributed by atoms with Gasteiger partial charge in [-0.3, -0.25) is 9.89 Å². The van der Waals surface area contributed by atoms with Gasteiger partial charge in [0.05, 0.1) is 0 Å². The van der Waals surface area contributed by atoms with Crippen molar-refractivity contribution in [3.63, 3.8) is 0 Å². The molecule has 1 aromatic heterocycles. The molecule has 0 saturated heterocycles. The first kappa shape index (κ1) is 24.7. The van der Waals surface area contributed by atoms with Crippen LogP contribution in [0.25, 0.3) is 0 Å². The number of nitrogens with zero attached hydrogens (tertiary/aromatic N) is 2. The number of halogens is 3. The Morgan fingerprint density at radius 3 is 2.26 bits per heavy atom. The molecular weight excluding hydrogens is 357 g/mol. The summed E-state index contributed by atoms with van der Waals surface area (Å²) in [6, 6.07) is 8.18. The van der Waals surface area contributed by atoms with Crippen molar-refractivity contribution in [1.82, 2.24) is 15.1 Å². The number of amides is 1. The number of hydrogen-bond donors (Lipinski definition) is 2. The second-order valence-electron chi connectivity index (χ2n) is 5.11. The molecule has 0 aliphatic carbocycles. The molecule has 2 rings (SSSR count). The molecule has 27 heavy (non-hydrogen) atoms. The zero-order valence-corrected chi connectivity index (χ0v) is 16.5. The van der Waals surface area contributed by atoms with Crippen LogP contribution in [-0.2, 0) is 12.7 Å². The van der Waals surface area contributed by atoms with Crippen LogP contribution in [0.3, 0.4) is 0 Å². The fourth-order valence-corrected chi connectivity index (χ4v) is 2.14. The maximum Gasteiger partial charge on any atom is 0.432 e. The van der Waals surface area contributed by atoms with Crippen LogP contribution in [0.4, 0.5) is 13.2 Å². The monoisotopic (exact) mass is 386 g/mol. The predicted octanol–water partition coefficient (Wildman–Crippen LogP) is 4.39. The average Bonchev–Trinajstić information content (AvgIpc) is 3.16. The van der Waals surface area contributed by atoms with Gasteiger partial charge in [-0.1, -0.05) is 52.0 Å². The third-order valence-electron chi connectivity index (χ3n) is 3.41. The lowest BCUT2D eigenvalue weighted by atomic mass is 10.1. The van der Waals surface area contributed by atoms with Gasteiger partial charge in [-0.05, 0) is 18.1 Å². The molecule has 0 fully saturated rings. The van der Waals surface area contributed by atoms with E-state index in [0.29, 0.717) is 6.07 Å². The molecule has 0 atom stereocenters. The summed E-state index contributed by atoms with van der Waals surface area (Å²) in [5.74, 6) is -0.592. The lowest BCUT2D eigenvalue weighted by molar-refractivity contribution is -0.141. The molecule has 3 N–H and O–H groups in total. The summed E-state index contributed by atoms with van der Waals surface area (Å²) in [5.41, 5.74) is 6.07.